The highest BCUT2D eigenvalue weighted by Crippen LogP contribution is 2.27. The third kappa shape index (κ3) is 2.45. The zero-order valence-corrected chi connectivity index (χ0v) is 10.9. The molecule has 1 aromatic rings. The maximum absolute atomic E-state index is 11.0. The summed E-state index contributed by atoms with van der Waals surface area (Å²) in [5.41, 5.74) is 3.30. The summed E-state index contributed by atoms with van der Waals surface area (Å²) in [6.45, 7) is 1.82. The lowest BCUT2D eigenvalue weighted by Crippen LogP contribution is -2.18. The van der Waals surface area contributed by atoms with Crippen LogP contribution < -0.4 is 10.2 Å². The monoisotopic (exact) mass is 297 g/mol. The summed E-state index contributed by atoms with van der Waals surface area (Å²) in [6, 6.07) is 1.02. The van der Waals surface area contributed by atoms with Crippen molar-refractivity contribution in [3.05, 3.63) is 32.2 Å². The number of methoxy groups -OCH3 is 1. The predicted octanol–water partition coefficient (Wildman–Crippen LogP) is 0.171. The Morgan fingerprint density at radius 3 is 2.57 bits per heavy atom. The fraction of sp³-hybridized carbons (Fsp3) is 0.333. The summed E-state index contributed by atoms with van der Waals surface area (Å²) in [6.07, 6.45) is 0. The number of nitro groups is 2. The van der Waals surface area contributed by atoms with Crippen LogP contribution in [0.3, 0.4) is 0 Å². The van der Waals surface area contributed by atoms with Gasteiger partial charge in [0, 0.05) is 5.43 Å². The highest BCUT2D eigenvalue weighted by atomic mass is 16.6. The van der Waals surface area contributed by atoms with Gasteiger partial charge in [0.2, 0.25) is 5.88 Å². The number of nitrogens with zero attached hydrogens (tertiary/aromatic N) is 6. The largest absolute Gasteiger partial charge is 0.480 e. The van der Waals surface area contributed by atoms with E-state index in [4.69, 9.17) is 9.47 Å². The first-order valence-electron chi connectivity index (χ1n) is 5.59. The van der Waals surface area contributed by atoms with Gasteiger partial charge in [-0.25, -0.2) is 0 Å². The molecular weight excluding hydrogens is 288 g/mol. The highest BCUT2D eigenvalue weighted by molar-refractivity contribution is 6.14. The third-order valence-corrected chi connectivity index (χ3v) is 2.38. The lowest BCUT2D eigenvalue weighted by molar-refractivity contribution is -0.389. The van der Waals surface area contributed by atoms with Crippen molar-refractivity contribution in [1.82, 2.24) is 15.2 Å². The van der Waals surface area contributed by atoms with Crippen molar-refractivity contribution >= 4 is 17.4 Å². The second kappa shape index (κ2) is 5.44. The quantitative estimate of drug-likeness (QED) is 0.555. The molecule has 0 fully saturated rings. The van der Waals surface area contributed by atoms with E-state index in [0.717, 1.165) is 10.7 Å². The standard InChI is InChI=1S/C9H9N6O6/c1-3-21-9-7(8(10-11-9)15(18)19)13-6(20-2)4-5(12-13)14(16)17/h4H,3H2,1-2H3. The molecule has 2 heterocycles. The molecule has 21 heavy (non-hydrogen) atoms. The van der Waals surface area contributed by atoms with Crippen LogP contribution in [0.4, 0.5) is 5.82 Å². The molecule has 0 spiro atoms. The van der Waals surface area contributed by atoms with Gasteiger partial charge in [-0.3, -0.25) is 0 Å². The van der Waals surface area contributed by atoms with E-state index >= 15 is 0 Å². The van der Waals surface area contributed by atoms with Crippen molar-refractivity contribution in [3.8, 4) is 5.88 Å². The van der Waals surface area contributed by atoms with E-state index in [9.17, 15) is 20.2 Å². The molecule has 1 aromatic heterocycles. The van der Waals surface area contributed by atoms with Gasteiger partial charge in [-0.2, -0.15) is 0 Å². The van der Waals surface area contributed by atoms with Crippen LogP contribution in [0.1, 0.15) is 6.92 Å². The summed E-state index contributed by atoms with van der Waals surface area (Å²) in [4.78, 5) is 20.2. The first kappa shape index (κ1) is 14.2. The van der Waals surface area contributed by atoms with E-state index in [1.54, 1.807) is 6.92 Å². The van der Waals surface area contributed by atoms with Crippen molar-refractivity contribution in [2.75, 3.05) is 13.7 Å². The number of hydrogen-bond acceptors (Lipinski definition) is 8. The molecule has 0 amide bonds. The minimum Gasteiger partial charge on any atom is -0.480 e. The molecule has 1 aliphatic heterocycles. The Hall–Kier alpha value is -3.18. The molecule has 111 valence electrons. The molecule has 1 aliphatic rings. The van der Waals surface area contributed by atoms with Gasteiger partial charge < -0.3 is 29.7 Å². The van der Waals surface area contributed by atoms with E-state index in [-0.39, 0.29) is 24.1 Å². The third-order valence-electron chi connectivity index (χ3n) is 2.38. The SMILES string of the molecule is CCOC1=C(n2nc([N+](=O)[O-])cc2OC)C([N+](=O)[O-])=N[N]1. The van der Waals surface area contributed by atoms with Gasteiger partial charge in [0.15, 0.2) is 0 Å². The Morgan fingerprint density at radius 1 is 1.33 bits per heavy atom. The van der Waals surface area contributed by atoms with E-state index < -0.39 is 21.5 Å². The zero-order chi connectivity index (χ0) is 15.6. The Bertz CT molecular complexity index is 662. The number of amidine groups is 1. The molecule has 12 heteroatoms. The van der Waals surface area contributed by atoms with Gasteiger partial charge in [0.1, 0.15) is 6.07 Å². The lowest BCUT2D eigenvalue weighted by Gasteiger charge is -2.03. The van der Waals surface area contributed by atoms with Crippen LogP contribution in [0.2, 0.25) is 0 Å². The maximum Gasteiger partial charge on any atom is 0.424 e. The van der Waals surface area contributed by atoms with Gasteiger partial charge >= 0.3 is 11.7 Å². The molecule has 2 rings (SSSR count). The number of hydrogen-bond donors (Lipinski definition) is 0. The van der Waals surface area contributed by atoms with E-state index in [0.29, 0.717) is 0 Å². The normalized spacial score (nSPS) is 13.7. The van der Waals surface area contributed by atoms with E-state index in [2.05, 4.69) is 15.6 Å². The second-order valence-corrected chi connectivity index (χ2v) is 3.58. The molecule has 0 atom stereocenters. The van der Waals surface area contributed by atoms with Gasteiger partial charge in [0.05, 0.1) is 23.9 Å². The van der Waals surface area contributed by atoms with Crippen LogP contribution in [0, 0.1) is 20.2 Å². The summed E-state index contributed by atoms with van der Waals surface area (Å²) >= 11 is 0. The molecule has 0 unspecified atom stereocenters. The van der Waals surface area contributed by atoms with E-state index in [1.807, 2.05) is 0 Å². The fourth-order valence-corrected chi connectivity index (χ4v) is 1.57. The van der Waals surface area contributed by atoms with Crippen molar-refractivity contribution in [3.63, 3.8) is 0 Å². The van der Waals surface area contributed by atoms with Crippen LogP contribution in [0.25, 0.3) is 5.70 Å². The van der Waals surface area contributed by atoms with Crippen molar-refractivity contribution in [1.29, 1.82) is 0 Å². The first-order valence-corrected chi connectivity index (χ1v) is 5.59. The van der Waals surface area contributed by atoms with Gasteiger partial charge in [0.25, 0.3) is 11.6 Å². The Kier molecular flexibility index (Phi) is 3.69. The first-order chi connectivity index (χ1) is 9.99. The predicted molar refractivity (Wildman–Crippen MR) is 66.8 cm³/mol. The number of ether oxygens (including phenoxy) is 2. The molecule has 12 nitrogen and oxygen atoms in total. The second-order valence-electron chi connectivity index (χ2n) is 3.58. The average Bonchev–Trinajstić information content (AvgIpc) is 3.01. The number of aromatic nitrogens is 2. The molecule has 1 radical (unpaired) electrons. The van der Waals surface area contributed by atoms with Gasteiger partial charge in [-0.05, 0) is 16.8 Å². The summed E-state index contributed by atoms with van der Waals surface area (Å²) in [5.74, 6) is -1.43. The summed E-state index contributed by atoms with van der Waals surface area (Å²) < 4.78 is 10.9. The maximum atomic E-state index is 11.0. The average molecular weight is 297 g/mol. The van der Waals surface area contributed by atoms with Crippen LogP contribution in [-0.2, 0) is 4.74 Å². The highest BCUT2D eigenvalue weighted by Gasteiger charge is 2.41. The van der Waals surface area contributed by atoms with E-state index in [1.165, 1.54) is 7.11 Å². The topological polar surface area (TPSA) is 149 Å². The Balaban J connectivity index is 2.59. The van der Waals surface area contributed by atoms with Crippen LogP contribution in [0.15, 0.2) is 17.1 Å². The minimum atomic E-state index is -0.794. The molecule has 0 saturated carbocycles. The number of rotatable bonds is 5. The van der Waals surface area contributed by atoms with Crippen LogP contribution in [0.5, 0.6) is 5.88 Å². The summed E-state index contributed by atoms with van der Waals surface area (Å²) in [7, 11) is 1.24. The molecule has 0 aromatic carbocycles. The Morgan fingerprint density at radius 2 is 2.05 bits per heavy atom. The lowest BCUT2D eigenvalue weighted by atomic mass is 10.4. The van der Waals surface area contributed by atoms with Crippen molar-refractivity contribution < 1.29 is 19.3 Å². The van der Waals surface area contributed by atoms with Crippen LogP contribution in [-0.4, -0.2) is 39.2 Å². The zero-order valence-electron chi connectivity index (χ0n) is 10.9. The summed E-state index contributed by atoms with van der Waals surface area (Å²) in [5, 5.41) is 28.8. The van der Waals surface area contributed by atoms with Gasteiger partial charge in [-0.15, -0.1) is 0 Å². The minimum absolute atomic E-state index is 0.0828. The van der Waals surface area contributed by atoms with Crippen LogP contribution >= 0.6 is 0 Å². The Labute approximate surface area is 116 Å². The molecule has 0 aliphatic carbocycles. The molecule has 0 bridgehead atoms. The smallest absolute Gasteiger partial charge is 0.424 e. The van der Waals surface area contributed by atoms with Crippen molar-refractivity contribution in [2.45, 2.75) is 6.92 Å². The molecule has 0 N–H and O–H groups in total. The van der Waals surface area contributed by atoms with Crippen molar-refractivity contribution in [2.24, 2.45) is 5.10 Å². The fourth-order valence-electron chi connectivity index (χ4n) is 1.57. The molecule has 0 saturated heterocycles. The van der Waals surface area contributed by atoms with Gasteiger partial charge in [-0.1, -0.05) is 4.68 Å². The molecular formula is C9H9N6O6.